The van der Waals surface area contributed by atoms with Gasteiger partial charge in [0.15, 0.2) is 5.58 Å². The normalized spacial score (nSPS) is 15.3. The van der Waals surface area contributed by atoms with Crippen molar-refractivity contribution in [2.45, 2.75) is 0 Å². The molecule has 0 atom stereocenters. The Morgan fingerprint density at radius 1 is 0.957 bits per heavy atom. The Balaban J connectivity index is 1.48. The monoisotopic (exact) mass is 312 g/mol. The maximum Gasteiger partial charge on any atom is 0.298 e. The summed E-state index contributed by atoms with van der Waals surface area (Å²) in [5.41, 5.74) is 9.02. The molecule has 1 aliphatic rings. The van der Waals surface area contributed by atoms with Crippen LogP contribution in [0.5, 0.6) is 0 Å². The van der Waals surface area contributed by atoms with Crippen molar-refractivity contribution < 1.29 is 8.81 Å². The maximum absolute atomic E-state index is 13.0. The Kier molecular flexibility index (Phi) is 3.29. The van der Waals surface area contributed by atoms with E-state index in [-0.39, 0.29) is 5.82 Å². The largest absolute Gasteiger partial charge is 0.423 e. The van der Waals surface area contributed by atoms with E-state index < -0.39 is 0 Å². The zero-order valence-corrected chi connectivity index (χ0v) is 12.6. The fraction of sp³-hybridized carbons (Fsp3) is 0.235. The number of benzene rings is 2. The van der Waals surface area contributed by atoms with E-state index >= 15 is 0 Å². The van der Waals surface area contributed by atoms with Gasteiger partial charge in [-0.2, -0.15) is 4.98 Å². The lowest BCUT2D eigenvalue weighted by Gasteiger charge is -2.35. The number of halogens is 1. The van der Waals surface area contributed by atoms with Crippen LogP contribution in [0.15, 0.2) is 46.9 Å². The van der Waals surface area contributed by atoms with E-state index in [9.17, 15) is 4.39 Å². The molecule has 23 heavy (non-hydrogen) atoms. The molecule has 0 saturated carbocycles. The van der Waals surface area contributed by atoms with Crippen LogP contribution in [-0.4, -0.2) is 31.2 Å². The number of oxazole rings is 1. The fourth-order valence-electron chi connectivity index (χ4n) is 2.88. The van der Waals surface area contributed by atoms with Crippen LogP contribution in [0.1, 0.15) is 0 Å². The van der Waals surface area contributed by atoms with Gasteiger partial charge in [-0.25, -0.2) is 4.39 Å². The molecule has 1 aliphatic heterocycles. The SMILES string of the molecule is Nc1ccc2oc(N3CCN(c4ccc(F)cc4)CC3)nc2c1. The lowest BCUT2D eigenvalue weighted by atomic mass is 10.2. The Morgan fingerprint density at radius 3 is 2.39 bits per heavy atom. The fourth-order valence-corrected chi connectivity index (χ4v) is 2.88. The number of piperazine rings is 1. The molecule has 1 saturated heterocycles. The summed E-state index contributed by atoms with van der Waals surface area (Å²) in [6, 6.07) is 12.7. The number of anilines is 3. The van der Waals surface area contributed by atoms with Gasteiger partial charge in [-0.1, -0.05) is 0 Å². The second-order valence-corrected chi connectivity index (χ2v) is 5.67. The van der Waals surface area contributed by atoms with Crippen LogP contribution >= 0.6 is 0 Å². The molecule has 1 fully saturated rings. The molecule has 3 aromatic rings. The molecule has 0 bridgehead atoms. The third kappa shape index (κ3) is 2.67. The number of nitrogen functional groups attached to an aromatic ring is 1. The summed E-state index contributed by atoms with van der Waals surface area (Å²) in [6.45, 7) is 3.29. The van der Waals surface area contributed by atoms with Gasteiger partial charge < -0.3 is 20.0 Å². The average molecular weight is 312 g/mol. The molecule has 0 radical (unpaired) electrons. The van der Waals surface area contributed by atoms with Crippen LogP contribution in [0.2, 0.25) is 0 Å². The molecular weight excluding hydrogens is 295 g/mol. The highest BCUT2D eigenvalue weighted by Crippen LogP contribution is 2.25. The molecule has 6 heteroatoms. The Morgan fingerprint density at radius 2 is 1.65 bits per heavy atom. The van der Waals surface area contributed by atoms with Gasteiger partial charge in [0.25, 0.3) is 6.01 Å². The zero-order chi connectivity index (χ0) is 15.8. The molecular formula is C17H17FN4O. The van der Waals surface area contributed by atoms with E-state index in [1.807, 2.05) is 30.3 Å². The summed E-state index contributed by atoms with van der Waals surface area (Å²) in [7, 11) is 0. The van der Waals surface area contributed by atoms with E-state index in [4.69, 9.17) is 10.2 Å². The first-order chi connectivity index (χ1) is 11.2. The minimum atomic E-state index is -0.210. The first kappa shape index (κ1) is 13.9. The topological polar surface area (TPSA) is 58.5 Å². The number of aromatic nitrogens is 1. The minimum Gasteiger partial charge on any atom is -0.423 e. The van der Waals surface area contributed by atoms with Gasteiger partial charge in [0, 0.05) is 37.6 Å². The van der Waals surface area contributed by atoms with Gasteiger partial charge in [-0.15, -0.1) is 0 Å². The van der Waals surface area contributed by atoms with Crippen molar-refractivity contribution in [1.29, 1.82) is 0 Å². The molecule has 4 rings (SSSR count). The third-order valence-electron chi connectivity index (χ3n) is 4.14. The summed E-state index contributed by atoms with van der Waals surface area (Å²) >= 11 is 0. The van der Waals surface area contributed by atoms with Gasteiger partial charge in [0.1, 0.15) is 11.3 Å². The van der Waals surface area contributed by atoms with Crippen LogP contribution < -0.4 is 15.5 Å². The van der Waals surface area contributed by atoms with E-state index in [2.05, 4.69) is 14.8 Å². The standard InChI is InChI=1S/C17H17FN4O/c18-12-1-4-14(5-2-12)21-7-9-22(10-8-21)17-20-15-11-13(19)3-6-16(15)23-17/h1-6,11H,7-10,19H2. The highest BCUT2D eigenvalue weighted by atomic mass is 19.1. The lowest BCUT2D eigenvalue weighted by molar-refractivity contribution is 0.542. The number of nitrogens with zero attached hydrogens (tertiary/aromatic N) is 3. The number of fused-ring (bicyclic) bond motifs is 1. The van der Waals surface area contributed by atoms with Crippen molar-refractivity contribution in [2.24, 2.45) is 0 Å². The van der Waals surface area contributed by atoms with Crippen molar-refractivity contribution in [3.05, 3.63) is 48.3 Å². The summed E-state index contributed by atoms with van der Waals surface area (Å²) in [4.78, 5) is 8.87. The first-order valence-corrected chi connectivity index (χ1v) is 7.60. The first-order valence-electron chi connectivity index (χ1n) is 7.60. The third-order valence-corrected chi connectivity index (χ3v) is 4.14. The van der Waals surface area contributed by atoms with Crippen molar-refractivity contribution in [1.82, 2.24) is 4.98 Å². The van der Waals surface area contributed by atoms with Crippen LogP contribution in [0.3, 0.4) is 0 Å². The number of hydrogen-bond acceptors (Lipinski definition) is 5. The summed E-state index contributed by atoms with van der Waals surface area (Å²) in [5, 5.41) is 0. The molecule has 0 spiro atoms. The Bertz CT molecular complexity index is 822. The van der Waals surface area contributed by atoms with Crippen molar-refractivity contribution in [3.8, 4) is 0 Å². The van der Waals surface area contributed by atoms with Crippen molar-refractivity contribution in [2.75, 3.05) is 41.7 Å². The molecule has 2 N–H and O–H groups in total. The quantitative estimate of drug-likeness (QED) is 0.737. The number of rotatable bonds is 2. The summed E-state index contributed by atoms with van der Waals surface area (Å²) in [6.07, 6.45) is 0. The molecule has 0 unspecified atom stereocenters. The molecule has 0 aliphatic carbocycles. The van der Waals surface area contributed by atoms with Crippen LogP contribution in [0, 0.1) is 5.82 Å². The number of nitrogens with two attached hydrogens (primary N) is 1. The second kappa shape index (κ2) is 5.46. The Labute approximate surface area is 133 Å². The van der Waals surface area contributed by atoms with Crippen LogP contribution in [0.4, 0.5) is 21.8 Å². The second-order valence-electron chi connectivity index (χ2n) is 5.67. The van der Waals surface area contributed by atoms with Crippen molar-refractivity contribution >= 4 is 28.5 Å². The van der Waals surface area contributed by atoms with Gasteiger partial charge in [-0.05, 0) is 42.5 Å². The van der Waals surface area contributed by atoms with Crippen LogP contribution in [0.25, 0.3) is 11.1 Å². The lowest BCUT2D eigenvalue weighted by Crippen LogP contribution is -2.46. The van der Waals surface area contributed by atoms with Crippen molar-refractivity contribution in [3.63, 3.8) is 0 Å². The number of hydrogen-bond donors (Lipinski definition) is 1. The van der Waals surface area contributed by atoms with Crippen LogP contribution in [-0.2, 0) is 0 Å². The maximum atomic E-state index is 13.0. The van der Waals surface area contributed by atoms with E-state index in [1.54, 1.807) is 0 Å². The smallest absolute Gasteiger partial charge is 0.298 e. The molecule has 118 valence electrons. The predicted octanol–water partition coefficient (Wildman–Crippen LogP) is 2.88. The predicted molar refractivity (Wildman–Crippen MR) is 89.2 cm³/mol. The van der Waals surface area contributed by atoms with E-state index in [0.29, 0.717) is 11.7 Å². The molecule has 0 amide bonds. The molecule has 5 nitrogen and oxygen atoms in total. The molecule has 2 aromatic carbocycles. The van der Waals surface area contributed by atoms with Gasteiger partial charge in [0.05, 0.1) is 0 Å². The Hall–Kier alpha value is -2.76. The molecule has 2 heterocycles. The highest BCUT2D eigenvalue weighted by molar-refractivity contribution is 5.78. The van der Waals surface area contributed by atoms with E-state index in [1.165, 1.54) is 12.1 Å². The van der Waals surface area contributed by atoms with Gasteiger partial charge in [-0.3, -0.25) is 0 Å². The molecule has 1 aromatic heterocycles. The highest BCUT2D eigenvalue weighted by Gasteiger charge is 2.21. The average Bonchev–Trinajstić information content (AvgIpc) is 2.99. The van der Waals surface area contributed by atoms with E-state index in [0.717, 1.165) is 43.0 Å². The van der Waals surface area contributed by atoms with Gasteiger partial charge in [0.2, 0.25) is 0 Å². The summed E-state index contributed by atoms with van der Waals surface area (Å²) in [5.74, 6) is -0.210. The van der Waals surface area contributed by atoms with Gasteiger partial charge >= 0.3 is 0 Å². The zero-order valence-electron chi connectivity index (χ0n) is 12.6. The summed E-state index contributed by atoms with van der Waals surface area (Å²) < 4.78 is 18.8. The minimum absolute atomic E-state index is 0.210.